The van der Waals surface area contributed by atoms with E-state index < -0.39 is 5.63 Å². The summed E-state index contributed by atoms with van der Waals surface area (Å²) in [6.45, 7) is 0. The maximum Gasteiger partial charge on any atom is 0.345 e. The van der Waals surface area contributed by atoms with Gasteiger partial charge in [-0.15, -0.1) is 0 Å². The Hall–Kier alpha value is -7.57. The van der Waals surface area contributed by atoms with Crippen LogP contribution in [0.5, 0.6) is 0 Å². The highest BCUT2D eigenvalue weighted by Gasteiger charge is 2.23. The maximum absolute atomic E-state index is 14.6. The van der Waals surface area contributed by atoms with Gasteiger partial charge in [-0.05, 0) is 48.5 Å². The lowest BCUT2D eigenvalue weighted by Crippen LogP contribution is -2.08. The minimum atomic E-state index is -0.481. The molecule has 6 heteroatoms. The van der Waals surface area contributed by atoms with Gasteiger partial charge >= 0.3 is 5.63 Å². The molecule has 11 rings (SSSR count). The molecule has 0 N–H and O–H groups in total. The molecule has 6 nitrogen and oxygen atoms in total. The van der Waals surface area contributed by atoms with E-state index in [0.717, 1.165) is 71.5 Å². The molecule has 258 valence electrons. The first kappa shape index (κ1) is 31.0. The number of fused-ring (bicyclic) bond motifs is 7. The van der Waals surface area contributed by atoms with Gasteiger partial charge in [0, 0.05) is 38.1 Å². The van der Waals surface area contributed by atoms with Gasteiger partial charge in [-0.1, -0.05) is 133 Å². The molecule has 11 aromatic rings. The van der Waals surface area contributed by atoms with Crippen molar-refractivity contribution >= 4 is 54.6 Å². The van der Waals surface area contributed by atoms with Crippen LogP contribution in [-0.2, 0) is 0 Å². The molecule has 0 bridgehead atoms. The Labute approximate surface area is 314 Å². The van der Waals surface area contributed by atoms with Crippen LogP contribution in [0.25, 0.3) is 99.9 Å². The van der Waals surface area contributed by atoms with Crippen molar-refractivity contribution in [2.24, 2.45) is 0 Å². The van der Waals surface area contributed by atoms with Gasteiger partial charge in [0.25, 0.3) is 0 Å². The van der Waals surface area contributed by atoms with Gasteiger partial charge in [0.15, 0.2) is 11.4 Å². The van der Waals surface area contributed by atoms with Crippen LogP contribution in [-0.4, -0.2) is 19.1 Å². The Morgan fingerprint density at radius 2 is 0.836 bits per heavy atom. The Morgan fingerprint density at radius 3 is 1.38 bits per heavy atom. The molecule has 0 amide bonds. The molecule has 0 saturated heterocycles. The van der Waals surface area contributed by atoms with Gasteiger partial charge in [-0.2, -0.15) is 0 Å². The summed E-state index contributed by atoms with van der Waals surface area (Å²) in [5.74, 6) is 0.526. The monoisotopic (exact) mass is 706 g/mol. The second-order valence-corrected chi connectivity index (χ2v) is 13.7. The van der Waals surface area contributed by atoms with Gasteiger partial charge in [-0.25, -0.2) is 14.8 Å². The van der Waals surface area contributed by atoms with Crippen molar-refractivity contribution in [2.75, 3.05) is 0 Å². The third-order valence-corrected chi connectivity index (χ3v) is 10.6. The highest BCUT2D eigenvalue weighted by molar-refractivity contribution is 6.12. The summed E-state index contributed by atoms with van der Waals surface area (Å²) in [7, 11) is 0. The lowest BCUT2D eigenvalue weighted by molar-refractivity contribution is 0.561. The number of para-hydroxylation sites is 4. The predicted molar refractivity (Wildman–Crippen MR) is 223 cm³/mol. The van der Waals surface area contributed by atoms with Crippen LogP contribution in [0.15, 0.2) is 191 Å². The summed E-state index contributed by atoms with van der Waals surface area (Å²) in [6.07, 6.45) is 0. The number of nitrogens with zero attached hydrogens (tertiary/aromatic N) is 4. The molecule has 0 spiro atoms. The molecule has 55 heavy (non-hydrogen) atoms. The smallest absolute Gasteiger partial charge is 0.345 e. The molecule has 4 aromatic heterocycles. The number of aromatic nitrogens is 4. The van der Waals surface area contributed by atoms with Crippen LogP contribution in [0, 0.1) is 0 Å². The number of benzene rings is 7. The fourth-order valence-corrected chi connectivity index (χ4v) is 8.15. The van der Waals surface area contributed by atoms with Crippen LogP contribution in [0.2, 0.25) is 0 Å². The van der Waals surface area contributed by atoms with E-state index in [1.54, 1.807) is 0 Å². The van der Waals surface area contributed by atoms with Gasteiger partial charge in [0.05, 0.1) is 50.4 Å². The molecule has 0 radical (unpaired) electrons. The van der Waals surface area contributed by atoms with Gasteiger partial charge < -0.3 is 13.6 Å². The van der Waals surface area contributed by atoms with E-state index in [1.165, 1.54) is 0 Å². The average molecular weight is 707 g/mol. The Kier molecular flexibility index (Phi) is 6.91. The van der Waals surface area contributed by atoms with E-state index in [2.05, 4.69) is 106 Å². The Balaban J connectivity index is 1.26. The summed E-state index contributed by atoms with van der Waals surface area (Å²) >= 11 is 0. The third kappa shape index (κ3) is 4.85. The van der Waals surface area contributed by atoms with Crippen LogP contribution in [0.3, 0.4) is 0 Å². The minimum absolute atomic E-state index is 0.352. The molecule has 0 fully saturated rings. The fraction of sp³-hybridized carbons (Fsp3) is 0. The molecule has 0 atom stereocenters. The van der Waals surface area contributed by atoms with E-state index in [1.807, 2.05) is 84.9 Å². The highest BCUT2D eigenvalue weighted by atomic mass is 16.4. The largest absolute Gasteiger partial charge is 0.420 e. The number of hydrogen-bond acceptors (Lipinski definition) is 4. The fourth-order valence-electron chi connectivity index (χ4n) is 8.15. The second-order valence-electron chi connectivity index (χ2n) is 13.7. The first-order chi connectivity index (χ1) is 27.2. The van der Waals surface area contributed by atoms with Crippen LogP contribution >= 0.6 is 0 Å². The van der Waals surface area contributed by atoms with Gasteiger partial charge in [0.2, 0.25) is 0 Å². The quantitative estimate of drug-likeness (QED) is 0.167. The molecule has 0 aliphatic rings. The maximum atomic E-state index is 14.6. The topological polar surface area (TPSA) is 65.8 Å². The molecule has 0 aliphatic heterocycles. The highest BCUT2D eigenvalue weighted by Crippen LogP contribution is 2.40. The van der Waals surface area contributed by atoms with Crippen molar-refractivity contribution in [1.82, 2.24) is 19.1 Å². The minimum Gasteiger partial charge on any atom is -0.420 e. The van der Waals surface area contributed by atoms with E-state index >= 15 is 0 Å². The van der Waals surface area contributed by atoms with Gasteiger partial charge in [0.1, 0.15) is 0 Å². The zero-order valence-electron chi connectivity index (χ0n) is 29.4. The number of rotatable bonds is 5. The number of hydrogen-bond donors (Lipinski definition) is 0. The SMILES string of the molecule is O=c1oc2c(-n3c4ccccc4c4ccccc43)ccc(-n3c4ccccc4c4ccccc43)c2cc1-c1cc(-c2ccccc2)nc(-c2ccccc2)n1. The second kappa shape index (κ2) is 12.3. The van der Waals surface area contributed by atoms with Crippen LogP contribution in [0.1, 0.15) is 0 Å². The Morgan fingerprint density at radius 1 is 0.400 bits per heavy atom. The molecule has 0 aliphatic carbocycles. The standard InChI is InChI=1S/C49H30N4O2/c54-49-37(40-30-39(31-15-3-1-4-16-31)50-48(51-40)32-17-5-2-6-18-32)29-38-45(52-41-23-11-7-19-33(41)34-20-8-12-24-42(34)52)27-28-46(47(38)55-49)53-43-25-13-9-21-35(43)36-22-10-14-26-44(36)53/h1-30H. The van der Waals surface area contributed by atoms with E-state index in [0.29, 0.717) is 28.4 Å². The van der Waals surface area contributed by atoms with Crippen LogP contribution in [0.4, 0.5) is 0 Å². The predicted octanol–water partition coefficient (Wildman–Crippen LogP) is 11.8. The van der Waals surface area contributed by atoms with E-state index in [9.17, 15) is 4.79 Å². The van der Waals surface area contributed by atoms with Crippen molar-refractivity contribution in [2.45, 2.75) is 0 Å². The Bertz CT molecular complexity index is 3180. The lowest BCUT2D eigenvalue weighted by Gasteiger charge is -2.16. The van der Waals surface area contributed by atoms with E-state index in [-0.39, 0.29) is 0 Å². The van der Waals surface area contributed by atoms with E-state index in [4.69, 9.17) is 14.4 Å². The van der Waals surface area contributed by atoms with Crippen molar-refractivity contribution in [3.05, 3.63) is 192 Å². The lowest BCUT2D eigenvalue weighted by atomic mass is 10.0. The first-order valence-corrected chi connectivity index (χ1v) is 18.3. The van der Waals surface area contributed by atoms with Crippen LogP contribution < -0.4 is 5.63 Å². The summed E-state index contributed by atoms with van der Waals surface area (Å²) in [5, 5.41) is 5.32. The molecule has 7 aromatic carbocycles. The summed E-state index contributed by atoms with van der Waals surface area (Å²) < 4.78 is 11.1. The average Bonchev–Trinajstić information content (AvgIpc) is 3.76. The summed E-state index contributed by atoms with van der Waals surface area (Å²) in [6, 6.07) is 61.5. The van der Waals surface area contributed by atoms with Crippen molar-refractivity contribution < 1.29 is 4.42 Å². The normalized spacial score (nSPS) is 11.7. The first-order valence-electron chi connectivity index (χ1n) is 18.3. The molecule has 4 heterocycles. The summed E-state index contributed by atoms with van der Waals surface area (Å²) in [4.78, 5) is 24.6. The zero-order chi connectivity index (χ0) is 36.5. The van der Waals surface area contributed by atoms with Crippen molar-refractivity contribution in [3.8, 4) is 45.3 Å². The zero-order valence-corrected chi connectivity index (χ0v) is 29.4. The van der Waals surface area contributed by atoms with Crippen molar-refractivity contribution in [1.29, 1.82) is 0 Å². The van der Waals surface area contributed by atoms with Crippen molar-refractivity contribution in [3.63, 3.8) is 0 Å². The molecule has 0 unspecified atom stereocenters. The molecule has 0 saturated carbocycles. The third-order valence-electron chi connectivity index (χ3n) is 10.6. The molecular formula is C49H30N4O2. The van der Waals surface area contributed by atoms with Gasteiger partial charge in [-0.3, -0.25) is 0 Å². The molecular weight excluding hydrogens is 677 g/mol. The summed E-state index contributed by atoms with van der Waals surface area (Å²) in [5.41, 5.74) is 9.17.